The predicted octanol–water partition coefficient (Wildman–Crippen LogP) is 3.07. The number of allylic oxidation sites excluding steroid dienone is 3. The summed E-state index contributed by atoms with van der Waals surface area (Å²) in [7, 11) is 0. The van der Waals surface area contributed by atoms with Crippen LogP contribution >= 0.6 is 0 Å². The van der Waals surface area contributed by atoms with Crippen molar-refractivity contribution in [3.05, 3.63) is 54.1 Å². The van der Waals surface area contributed by atoms with Gasteiger partial charge >= 0.3 is 0 Å². The van der Waals surface area contributed by atoms with Crippen molar-refractivity contribution >= 4 is 11.6 Å². The summed E-state index contributed by atoms with van der Waals surface area (Å²) in [5.41, 5.74) is 2.02. The molecular formula is C14H15NO. The molecule has 82 valence electrons. The molecule has 0 radical (unpaired) electrons. The van der Waals surface area contributed by atoms with Crippen LogP contribution in [0.5, 0.6) is 0 Å². The molecule has 0 bridgehead atoms. The van der Waals surface area contributed by atoms with Gasteiger partial charge in [-0.3, -0.25) is 4.79 Å². The van der Waals surface area contributed by atoms with Crippen LogP contribution in [-0.2, 0) is 4.79 Å². The molecule has 1 aromatic carbocycles. The van der Waals surface area contributed by atoms with Crippen molar-refractivity contribution in [1.29, 1.82) is 0 Å². The Kier molecular flexibility index (Phi) is 3.20. The number of carbonyl (C=O) groups excluding carboxylic acids is 1. The van der Waals surface area contributed by atoms with E-state index in [-0.39, 0.29) is 11.8 Å². The summed E-state index contributed by atoms with van der Waals surface area (Å²) in [6.45, 7) is 2.01. The number of benzene rings is 1. The largest absolute Gasteiger partial charge is 0.326 e. The predicted molar refractivity (Wildman–Crippen MR) is 66.2 cm³/mol. The van der Waals surface area contributed by atoms with Crippen molar-refractivity contribution in [2.75, 3.05) is 5.32 Å². The molecule has 1 atom stereocenters. The van der Waals surface area contributed by atoms with Gasteiger partial charge in [0.15, 0.2) is 0 Å². The molecule has 0 saturated carbocycles. The number of carbonyl (C=O) groups is 1. The number of hydrogen-bond donors (Lipinski definition) is 1. The molecule has 2 heteroatoms. The van der Waals surface area contributed by atoms with Gasteiger partial charge in [-0.15, -0.1) is 0 Å². The number of amides is 1. The number of rotatable bonds is 2. The molecule has 0 fully saturated rings. The summed E-state index contributed by atoms with van der Waals surface area (Å²) in [4.78, 5) is 11.9. The van der Waals surface area contributed by atoms with Gasteiger partial charge in [0.2, 0.25) is 5.91 Å². The van der Waals surface area contributed by atoms with E-state index >= 15 is 0 Å². The molecule has 1 amide bonds. The first kappa shape index (κ1) is 10.7. The van der Waals surface area contributed by atoms with Crippen LogP contribution in [-0.4, -0.2) is 5.91 Å². The average molecular weight is 213 g/mol. The van der Waals surface area contributed by atoms with Gasteiger partial charge in [0.05, 0.1) is 5.92 Å². The van der Waals surface area contributed by atoms with Gasteiger partial charge < -0.3 is 5.32 Å². The summed E-state index contributed by atoms with van der Waals surface area (Å²) < 4.78 is 0. The molecule has 0 aromatic heterocycles. The number of aryl methyl sites for hydroxylation is 1. The minimum atomic E-state index is -0.0366. The molecule has 0 aliphatic heterocycles. The second-order valence-electron chi connectivity index (χ2n) is 4.01. The summed E-state index contributed by atoms with van der Waals surface area (Å²) in [5.74, 6) is 0.0247. The Morgan fingerprint density at radius 2 is 2.25 bits per heavy atom. The standard InChI is InChI=1S/C14H15NO/c1-11-6-5-9-13(10-11)15-14(16)12-7-3-2-4-8-12/h2-7,9-10,12H,8H2,1H3,(H,15,16). The van der Waals surface area contributed by atoms with Gasteiger partial charge in [-0.2, -0.15) is 0 Å². The van der Waals surface area contributed by atoms with Crippen LogP contribution in [0.2, 0.25) is 0 Å². The highest BCUT2D eigenvalue weighted by atomic mass is 16.1. The van der Waals surface area contributed by atoms with E-state index in [0.717, 1.165) is 17.7 Å². The number of nitrogens with one attached hydrogen (secondary N) is 1. The molecule has 16 heavy (non-hydrogen) atoms. The summed E-state index contributed by atoms with van der Waals surface area (Å²) >= 11 is 0. The smallest absolute Gasteiger partial charge is 0.231 e. The lowest BCUT2D eigenvalue weighted by Gasteiger charge is -2.13. The SMILES string of the molecule is Cc1cccc(NC(=O)C2C=CC=CC2)c1. The molecule has 0 saturated heterocycles. The molecule has 1 aliphatic carbocycles. The zero-order valence-corrected chi connectivity index (χ0v) is 9.31. The van der Waals surface area contributed by atoms with E-state index in [9.17, 15) is 4.79 Å². The molecule has 1 N–H and O–H groups in total. The molecule has 1 aliphatic rings. The van der Waals surface area contributed by atoms with Gasteiger partial charge in [0, 0.05) is 5.69 Å². The first-order valence-corrected chi connectivity index (χ1v) is 5.46. The zero-order valence-electron chi connectivity index (χ0n) is 9.31. The maximum absolute atomic E-state index is 11.9. The Labute approximate surface area is 95.7 Å². The average Bonchev–Trinajstić information content (AvgIpc) is 2.30. The maximum Gasteiger partial charge on any atom is 0.231 e. The van der Waals surface area contributed by atoms with E-state index in [4.69, 9.17) is 0 Å². The Morgan fingerprint density at radius 1 is 1.38 bits per heavy atom. The van der Waals surface area contributed by atoms with E-state index in [1.165, 1.54) is 0 Å². The first-order chi connectivity index (χ1) is 7.75. The van der Waals surface area contributed by atoms with Crippen molar-refractivity contribution < 1.29 is 4.79 Å². The number of anilines is 1. The van der Waals surface area contributed by atoms with Crippen LogP contribution in [0.4, 0.5) is 5.69 Å². The Morgan fingerprint density at radius 3 is 2.94 bits per heavy atom. The monoisotopic (exact) mass is 213 g/mol. The first-order valence-electron chi connectivity index (χ1n) is 5.46. The van der Waals surface area contributed by atoms with Crippen molar-refractivity contribution in [3.8, 4) is 0 Å². The van der Waals surface area contributed by atoms with Crippen LogP contribution in [0, 0.1) is 12.8 Å². The molecule has 0 heterocycles. The lowest BCUT2D eigenvalue weighted by Crippen LogP contribution is -2.21. The van der Waals surface area contributed by atoms with Crippen molar-refractivity contribution in [3.63, 3.8) is 0 Å². The lowest BCUT2D eigenvalue weighted by atomic mass is 10.00. The highest BCUT2D eigenvalue weighted by Gasteiger charge is 2.15. The second kappa shape index (κ2) is 4.79. The van der Waals surface area contributed by atoms with E-state index < -0.39 is 0 Å². The summed E-state index contributed by atoms with van der Waals surface area (Å²) in [6, 6.07) is 7.84. The fourth-order valence-electron chi connectivity index (χ4n) is 1.73. The third-order valence-electron chi connectivity index (χ3n) is 2.60. The van der Waals surface area contributed by atoms with Gasteiger partial charge in [-0.25, -0.2) is 0 Å². The Balaban J connectivity index is 2.02. The number of hydrogen-bond acceptors (Lipinski definition) is 1. The quantitative estimate of drug-likeness (QED) is 0.803. The fourth-order valence-corrected chi connectivity index (χ4v) is 1.73. The van der Waals surface area contributed by atoms with Crippen molar-refractivity contribution in [2.45, 2.75) is 13.3 Å². The van der Waals surface area contributed by atoms with E-state index in [2.05, 4.69) is 5.32 Å². The third-order valence-corrected chi connectivity index (χ3v) is 2.60. The van der Waals surface area contributed by atoms with E-state index in [0.29, 0.717) is 0 Å². The van der Waals surface area contributed by atoms with Crippen molar-refractivity contribution in [2.24, 2.45) is 5.92 Å². The lowest BCUT2D eigenvalue weighted by molar-refractivity contribution is -0.118. The molecule has 1 unspecified atom stereocenters. The topological polar surface area (TPSA) is 29.1 Å². The molecular weight excluding hydrogens is 198 g/mol. The third kappa shape index (κ3) is 2.60. The molecule has 1 aromatic rings. The Hall–Kier alpha value is -1.83. The molecule has 2 rings (SSSR count). The highest BCUT2D eigenvalue weighted by molar-refractivity contribution is 5.94. The van der Waals surface area contributed by atoms with Gasteiger partial charge in [-0.05, 0) is 31.0 Å². The van der Waals surface area contributed by atoms with Crippen LogP contribution in [0.25, 0.3) is 0 Å². The minimum absolute atomic E-state index is 0.0366. The zero-order chi connectivity index (χ0) is 11.4. The Bertz CT molecular complexity index is 446. The van der Waals surface area contributed by atoms with Crippen LogP contribution in [0.15, 0.2) is 48.6 Å². The van der Waals surface area contributed by atoms with Crippen LogP contribution in [0.1, 0.15) is 12.0 Å². The summed E-state index contributed by atoms with van der Waals surface area (Å²) in [5, 5.41) is 2.93. The van der Waals surface area contributed by atoms with Gasteiger partial charge in [0.25, 0.3) is 0 Å². The summed E-state index contributed by atoms with van der Waals surface area (Å²) in [6.07, 6.45) is 8.63. The molecule has 2 nitrogen and oxygen atoms in total. The maximum atomic E-state index is 11.9. The van der Waals surface area contributed by atoms with Crippen molar-refractivity contribution in [1.82, 2.24) is 0 Å². The van der Waals surface area contributed by atoms with Crippen LogP contribution in [0.3, 0.4) is 0 Å². The van der Waals surface area contributed by atoms with E-state index in [1.807, 2.05) is 55.5 Å². The van der Waals surface area contributed by atoms with Gasteiger partial charge in [0.1, 0.15) is 0 Å². The molecule has 0 spiro atoms. The fraction of sp³-hybridized carbons (Fsp3) is 0.214. The minimum Gasteiger partial charge on any atom is -0.326 e. The van der Waals surface area contributed by atoms with E-state index in [1.54, 1.807) is 0 Å². The second-order valence-corrected chi connectivity index (χ2v) is 4.01. The highest BCUT2D eigenvalue weighted by Crippen LogP contribution is 2.16. The van der Waals surface area contributed by atoms with Gasteiger partial charge in [-0.1, -0.05) is 36.4 Å². The van der Waals surface area contributed by atoms with Crippen LogP contribution < -0.4 is 5.32 Å². The normalized spacial score (nSPS) is 18.4.